The summed E-state index contributed by atoms with van der Waals surface area (Å²) in [5.74, 6) is -6.35. The van der Waals surface area contributed by atoms with E-state index in [0.717, 1.165) is 0 Å². The van der Waals surface area contributed by atoms with Crippen LogP contribution in [0.3, 0.4) is 0 Å². The molecule has 1 saturated heterocycles. The molecule has 4 nitrogen and oxygen atoms in total. The lowest BCUT2D eigenvalue weighted by Crippen LogP contribution is -2.49. The van der Waals surface area contributed by atoms with Gasteiger partial charge in [0.1, 0.15) is 0 Å². The number of alkyl halides is 6. The van der Waals surface area contributed by atoms with Gasteiger partial charge < -0.3 is 15.1 Å². The number of β-amino-alcohol motifs (C(OH)–C–C–N with tert-alkyl or cyclic N) is 2. The van der Waals surface area contributed by atoms with Gasteiger partial charge in [-0.1, -0.05) is 0 Å². The molecule has 10 heteroatoms. The Balaban J connectivity index is 2.92. The summed E-state index contributed by atoms with van der Waals surface area (Å²) in [5, 5.41) is 18.0. The molecular weight excluding hydrogens is 272 g/mol. The molecule has 1 aliphatic rings. The Morgan fingerprint density at radius 3 is 1.61 bits per heavy atom. The summed E-state index contributed by atoms with van der Waals surface area (Å²) in [6.07, 6.45) is -14.6. The largest absolute Gasteiger partial charge is 0.409 e. The van der Waals surface area contributed by atoms with Gasteiger partial charge in [0.15, 0.2) is 0 Å². The number of rotatable bonds is 1. The van der Waals surface area contributed by atoms with Crippen molar-refractivity contribution in [3.8, 4) is 0 Å². The summed E-state index contributed by atoms with van der Waals surface area (Å²) in [5.41, 5.74) is 0. The smallest absolute Gasteiger partial charge is 0.388 e. The minimum atomic E-state index is -5.77. The lowest BCUT2D eigenvalue weighted by molar-refractivity contribution is -0.277. The van der Waals surface area contributed by atoms with E-state index in [4.69, 9.17) is 10.2 Å². The molecule has 0 aromatic carbocycles. The molecule has 0 aliphatic carbocycles. The quantitative estimate of drug-likeness (QED) is 0.679. The highest BCUT2D eigenvalue weighted by molar-refractivity contribution is 5.80. The summed E-state index contributed by atoms with van der Waals surface area (Å²) in [7, 11) is 0. The molecule has 0 bridgehead atoms. The van der Waals surface area contributed by atoms with Crippen molar-refractivity contribution in [2.24, 2.45) is 5.92 Å². The van der Waals surface area contributed by atoms with Crippen LogP contribution in [0, 0.1) is 5.92 Å². The molecule has 1 aliphatic heterocycles. The first-order valence-corrected chi connectivity index (χ1v) is 4.73. The van der Waals surface area contributed by atoms with Crippen LogP contribution in [0.1, 0.15) is 0 Å². The van der Waals surface area contributed by atoms with Crippen LogP contribution < -0.4 is 0 Å². The minimum Gasteiger partial charge on any atom is -0.388 e. The molecule has 0 saturated carbocycles. The lowest BCUT2D eigenvalue weighted by atomic mass is 10.1. The molecular formula is C8H9F6NO3. The lowest BCUT2D eigenvalue weighted by Gasteiger charge is -2.26. The fourth-order valence-electron chi connectivity index (χ4n) is 1.60. The molecule has 0 radical (unpaired) electrons. The number of amides is 1. The average molecular weight is 281 g/mol. The van der Waals surface area contributed by atoms with E-state index in [-0.39, 0.29) is 4.90 Å². The first-order valence-electron chi connectivity index (χ1n) is 4.73. The van der Waals surface area contributed by atoms with Crippen molar-refractivity contribution in [2.45, 2.75) is 24.6 Å². The molecule has 18 heavy (non-hydrogen) atoms. The normalized spacial score (nSPS) is 25.9. The van der Waals surface area contributed by atoms with Crippen molar-refractivity contribution in [3.63, 3.8) is 0 Å². The van der Waals surface area contributed by atoms with Gasteiger partial charge in [0.2, 0.25) is 11.8 Å². The Kier molecular flexibility index (Phi) is 3.82. The highest BCUT2D eigenvalue weighted by Gasteiger charge is 2.62. The first kappa shape index (κ1) is 15.0. The van der Waals surface area contributed by atoms with Crippen LogP contribution in [0.25, 0.3) is 0 Å². The number of carbonyl (C=O) groups is 1. The van der Waals surface area contributed by atoms with E-state index in [1.165, 1.54) is 0 Å². The maximum absolute atomic E-state index is 12.2. The van der Waals surface area contributed by atoms with Crippen molar-refractivity contribution >= 4 is 5.91 Å². The third-order valence-corrected chi connectivity index (χ3v) is 2.47. The van der Waals surface area contributed by atoms with Crippen LogP contribution in [-0.4, -0.2) is 58.7 Å². The first-order chi connectivity index (χ1) is 7.94. The number of hydrogen-bond acceptors (Lipinski definition) is 3. The van der Waals surface area contributed by atoms with Crippen LogP contribution >= 0.6 is 0 Å². The third kappa shape index (κ3) is 3.05. The molecule has 106 valence electrons. The Bertz CT molecular complexity index is 304. The second-order valence-corrected chi connectivity index (χ2v) is 3.89. The van der Waals surface area contributed by atoms with Gasteiger partial charge in [-0.05, 0) is 0 Å². The van der Waals surface area contributed by atoms with Crippen LogP contribution in [0.2, 0.25) is 0 Å². The Morgan fingerprint density at radius 2 is 1.33 bits per heavy atom. The highest BCUT2D eigenvalue weighted by atomic mass is 19.4. The predicted octanol–water partition coefficient (Wildman–Crippen LogP) is 0.291. The van der Waals surface area contributed by atoms with E-state index in [1.54, 1.807) is 0 Å². The molecule has 0 spiro atoms. The van der Waals surface area contributed by atoms with E-state index in [1.807, 2.05) is 0 Å². The van der Waals surface area contributed by atoms with E-state index < -0.39 is 49.5 Å². The topological polar surface area (TPSA) is 60.8 Å². The zero-order chi connectivity index (χ0) is 14.3. The third-order valence-electron chi connectivity index (χ3n) is 2.47. The Hall–Kier alpha value is -1.03. The van der Waals surface area contributed by atoms with Crippen molar-refractivity contribution in [3.05, 3.63) is 0 Å². The zero-order valence-electron chi connectivity index (χ0n) is 8.66. The molecule has 1 amide bonds. The van der Waals surface area contributed by atoms with Crippen LogP contribution in [0.4, 0.5) is 26.3 Å². The van der Waals surface area contributed by atoms with Gasteiger partial charge in [0.05, 0.1) is 12.2 Å². The summed E-state index contributed by atoms with van der Waals surface area (Å²) in [6, 6.07) is 0. The van der Waals surface area contributed by atoms with Gasteiger partial charge >= 0.3 is 12.4 Å². The van der Waals surface area contributed by atoms with E-state index >= 15 is 0 Å². The fourth-order valence-corrected chi connectivity index (χ4v) is 1.60. The SMILES string of the molecule is O=C(C(C(F)(F)F)C(F)(F)F)N1C[C@@H](O)[C@@H](O)C1. The second kappa shape index (κ2) is 4.57. The number of likely N-dealkylation sites (tertiary alicyclic amines) is 1. The molecule has 0 aromatic rings. The summed E-state index contributed by atoms with van der Waals surface area (Å²) >= 11 is 0. The molecule has 2 atom stereocenters. The second-order valence-electron chi connectivity index (χ2n) is 3.89. The molecule has 0 unspecified atom stereocenters. The molecule has 1 fully saturated rings. The van der Waals surface area contributed by atoms with E-state index in [0.29, 0.717) is 0 Å². The van der Waals surface area contributed by atoms with E-state index in [2.05, 4.69) is 0 Å². The number of halogens is 6. The molecule has 0 aromatic heterocycles. The van der Waals surface area contributed by atoms with Gasteiger partial charge in [0, 0.05) is 13.1 Å². The standard InChI is InChI=1S/C8H9F6NO3/c9-7(10,11)5(8(12,13)14)6(18)15-1-3(16)4(17)2-15/h3-5,16-17H,1-2H2/t3-,4+. The fraction of sp³-hybridized carbons (Fsp3) is 0.875. The summed E-state index contributed by atoms with van der Waals surface area (Å²) < 4.78 is 73.3. The van der Waals surface area contributed by atoms with Crippen LogP contribution in [-0.2, 0) is 4.79 Å². The Labute approximate surface area is 96.8 Å². The molecule has 2 N–H and O–H groups in total. The van der Waals surface area contributed by atoms with Gasteiger partial charge in [-0.15, -0.1) is 0 Å². The molecule has 1 rings (SSSR count). The van der Waals surface area contributed by atoms with Gasteiger partial charge in [-0.25, -0.2) is 0 Å². The van der Waals surface area contributed by atoms with Crippen LogP contribution in [0.15, 0.2) is 0 Å². The number of carbonyl (C=O) groups excluding carboxylic acids is 1. The maximum atomic E-state index is 12.2. The van der Waals surface area contributed by atoms with Crippen molar-refractivity contribution in [1.29, 1.82) is 0 Å². The summed E-state index contributed by atoms with van der Waals surface area (Å²) in [6.45, 7) is -1.52. The minimum absolute atomic E-state index is 0.154. The maximum Gasteiger partial charge on any atom is 0.409 e. The van der Waals surface area contributed by atoms with Crippen molar-refractivity contribution in [1.82, 2.24) is 4.90 Å². The van der Waals surface area contributed by atoms with Gasteiger partial charge in [-0.2, -0.15) is 26.3 Å². The number of hydrogen-bond donors (Lipinski definition) is 2. The predicted molar refractivity (Wildman–Crippen MR) is 44.2 cm³/mol. The Morgan fingerprint density at radius 1 is 1.00 bits per heavy atom. The van der Waals surface area contributed by atoms with Crippen LogP contribution in [0.5, 0.6) is 0 Å². The van der Waals surface area contributed by atoms with Crippen molar-refractivity contribution < 1.29 is 41.4 Å². The number of aliphatic hydroxyl groups is 2. The number of nitrogens with zero attached hydrogens (tertiary/aromatic N) is 1. The monoisotopic (exact) mass is 281 g/mol. The van der Waals surface area contributed by atoms with E-state index in [9.17, 15) is 31.1 Å². The van der Waals surface area contributed by atoms with Crippen molar-refractivity contribution in [2.75, 3.05) is 13.1 Å². The van der Waals surface area contributed by atoms with Gasteiger partial charge in [0.25, 0.3) is 0 Å². The summed E-state index contributed by atoms with van der Waals surface area (Å²) in [4.78, 5) is 11.3. The average Bonchev–Trinajstić information content (AvgIpc) is 2.41. The highest BCUT2D eigenvalue weighted by Crippen LogP contribution is 2.40. The zero-order valence-corrected chi connectivity index (χ0v) is 8.66. The van der Waals surface area contributed by atoms with Gasteiger partial charge in [-0.3, -0.25) is 4.79 Å². The molecule has 1 heterocycles. The number of aliphatic hydroxyl groups excluding tert-OH is 2.